The summed E-state index contributed by atoms with van der Waals surface area (Å²) in [5.74, 6) is 0.306. The van der Waals surface area contributed by atoms with Gasteiger partial charge in [-0.3, -0.25) is 0 Å². The maximum absolute atomic E-state index is 9.59. The fourth-order valence-electron chi connectivity index (χ4n) is 1.67. The monoisotopic (exact) mass is 152 g/mol. The van der Waals surface area contributed by atoms with Crippen molar-refractivity contribution in [2.75, 3.05) is 0 Å². The largest absolute Gasteiger partial charge is 0.392 e. The van der Waals surface area contributed by atoms with E-state index >= 15 is 0 Å². The van der Waals surface area contributed by atoms with Crippen LogP contribution in [0.2, 0.25) is 0 Å². The second kappa shape index (κ2) is 3.22. The summed E-state index contributed by atoms with van der Waals surface area (Å²) < 4.78 is 0. The Bertz CT molecular complexity index is 181. The summed E-state index contributed by atoms with van der Waals surface area (Å²) in [5.41, 5.74) is 2.28. The fraction of sp³-hybridized carbons (Fsp3) is 0.600. The summed E-state index contributed by atoms with van der Waals surface area (Å²) >= 11 is 0. The minimum absolute atomic E-state index is 0.228. The second-order valence-electron chi connectivity index (χ2n) is 3.51. The standard InChI is InChI=1S/C10H16O/c1-7(2)9-5-4-8(3)6-10(9)11/h9-11H,1,3-6H2,2H3/t9-,10+/m1/s1. The molecule has 1 rings (SSSR count). The SMILES string of the molecule is C=C1CC[C@H](C(=C)C)[C@@H](O)C1. The lowest BCUT2D eigenvalue weighted by molar-refractivity contribution is 0.107. The zero-order valence-corrected chi connectivity index (χ0v) is 7.14. The van der Waals surface area contributed by atoms with Crippen LogP contribution < -0.4 is 0 Å². The number of hydrogen-bond acceptors (Lipinski definition) is 1. The summed E-state index contributed by atoms with van der Waals surface area (Å²) in [7, 11) is 0. The summed E-state index contributed by atoms with van der Waals surface area (Å²) in [6, 6.07) is 0. The highest BCUT2D eigenvalue weighted by molar-refractivity contribution is 5.10. The van der Waals surface area contributed by atoms with E-state index in [1.807, 2.05) is 6.92 Å². The molecule has 0 aromatic rings. The van der Waals surface area contributed by atoms with Gasteiger partial charge < -0.3 is 5.11 Å². The van der Waals surface area contributed by atoms with Crippen molar-refractivity contribution in [2.24, 2.45) is 5.92 Å². The van der Waals surface area contributed by atoms with Gasteiger partial charge in [0, 0.05) is 5.92 Å². The molecule has 62 valence electrons. The molecule has 0 amide bonds. The molecule has 1 aliphatic carbocycles. The molecule has 1 N–H and O–H groups in total. The number of hydrogen-bond donors (Lipinski definition) is 1. The molecule has 2 atom stereocenters. The molecule has 1 nitrogen and oxygen atoms in total. The van der Waals surface area contributed by atoms with E-state index in [1.54, 1.807) is 0 Å². The van der Waals surface area contributed by atoms with Crippen molar-refractivity contribution in [3.63, 3.8) is 0 Å². The molecule has 0 heterocycles. The van der Waals surface area contributed by atoms with Gasteiger partial charge in [0.1, 0.15) is 0 Å². The first kappa shape index (κ1) is 8.54. The Kier molecular flexibility index (Phi) is 2.50. The molecule has 1 heteroatoms. The summed E-state index contributed by atoms with van der Waals surface area (Å²) in [5, 5.41) is 9.59. The number of aliphatic hydroxyl groups is 1. The van der Waals surface area contributed by atoms with Gasteiger partial charge in [0.15, 0.2) is 0 Å². The predicted molar refractivity (Wildman–Crippen MR) is 47.3 cm³/mol. The normalized spacial score (nSPS) is 32.0. The molecule has 0 saturated heterocycles. The smallest absolute Gasteiger partial charge is 0.0642 e. The topological polar surface area (TPSA) is 20.2 Å². The van der Waals surface area contributed by atoms with Gasteiger partial charge in [-0.2, -0.15) is 0 Å². The van der Waals surface area contributed by atoms with Crippen molar-refractivity contribution in [1.29, 1.82) is 0 Å². The maximum Gasteiger partial charge on any atom is 0.0642 e. The van der Waals surface area contributed by atoms with Crippen LogP contribution in [0.15, 0.2) is 24.3 Å². The van der Waals surface area contributed by atoms with Crippen molar-refractivity contribution in [3.8, 4) is 0 Å². The van der Waals surface area contributed by atoms with Crippen LogP contribution in [-0.4, -0.2) is 11.2 Å². The maximum atomic E-state index is 9.59. The van der Waals surface area contributed by atoms with Gasteiger partial charge in [0.2, 0.25) is 0 Å². The lowest BCUT2D eigenvalue weighted by Crippen LogP contribution is -2.25. The van der Waals surface area contributed by atoms with E-state index < -0.39 is 0 Å². The molecule has 0 aromatic heterocycles. The van der Waals surface area contributed by atoms with E-state index in [4.69, 9.17) is 0 Å². The Morgan fingerprint density at radius 3 is 2.73 bits per heavy atom. The van der Waals surface area contributed by atoms with Gasteiger partial charge in [-0.25, -0.2) is 0 Å². The number of rotatable bonds is 1. The van der Waals surface area contributed by atoms with Crippen LogP contribution in [-0.2, 0) is 0 Å². The highest BCUT2D eigenvalue weighted by Crippen LogP contribution is 2.31. The Morgan fingerprint density at radius 1 is 1.64 bits per heavy atom. The first-order valence-corrected chi connectivity index (χ1v) is 4.11. The molecule has 0 unspecified atom stereocenters. The lowest BCUT2D eigenvalue weighted by atomic mass is 9.80. The van der Waals surface area contributed by atoms with Gasteiger partial charge in [0.25, 0.3) is 0 Å². The third kappa shape index (κ3) is 1.93. The first-order chi connectivity index (χ1) is 5.11. The van der Waals surface area contributed by atoms with E-state index in [2.05, 4.69) is 13.2 Å². The lowest BCUT2D eigenvalue weighted by Gasteiger charge is -2.29. The van der Waals surface area contributed by atoms with Crippen LogP contribution >= 0.6 is 0 Å². The zero-order chi connectivity index (χ0) is 8.43. The van der Waals surface area contributed by atoms with Gasteiger partial charge in [-0.1, -0.05) is 24.3 Å². The molecule has 0 spiro atoms. The summed E-state index contributed by atoms with van der Waals surface area (Å²) in [6.45, 7) is 9.72. The van der Waals surface area contributed by atoms with E-state index in [0.717, 1.165) is 24.8 Å². The van der Waals surface area contributed by atoms with Crippen molar-refractivity contribution < 1.29 is 5.11 Å². The van der Waals surface area contributed by atoms with E-state index in [0.29, 0.717) is 5.92 Å². The molecule has 0 aliphatic heterocycles. The molecule has 1 aliphatic rings. The molecular weight excluding hydrogens is 136 g/mol. The Labute approximate surface area is 68.4 Å². The molecule has 1 saturated carbocycles. The van der Waals surface area contributed by atoms with Crippen LogP contribution in [0.3, 0.4) is 0 Å². The molecule has 0 radical (unpaired) electrons. The van der Waals surface area contributed by atoms with E-state index in [9.17, 15) is 5.11 Å². The van der Waals surface area contributed by atoms with Crippen LogP contribution in [0.1, 0.15) is 26.2 Å². The third-order valence-corrected chi connectivity index (χ3v) is 2.40. The predicted octanol–water partition coefficient (Wildman–Crippen LogP) is 2.28. The van der Waals surface area contributed by atoms with Crippen molar-refractivity contribution in [2.45, 2.75) is 32.3 Å². The molecule has 11 heavy (non-hydrogen) atoms. The number of aliphatic hydroxyl groups excluding tert-OH is 1. The van der Waals surface area contributed by atoms with Gasteiger partial charge in [-0.05, 0) is 26.2 Å². The molecular formula is C10H16O. The van der Waals surface area contributed by atoms with Gasteiger partial charge in [0.05, 0.1) is 6.10 Å². The second-order valence-corrected chi connectivity index (χ2v) is 3.51. The first-order valence-electron chi connectivity index (χ1n) is 4.11. The summed E-state index contributed by atoms with van der Waals surface area (Å²) in [4.78, 5) is 0. The molecule has 0 aromatic carbocycles. The van der Waals surface area contributed by atoms with Crippen LogP contribution in [0.25, 0.3) is 0 Å². The zero-order valence-electron chi connectivity index (χ0n) is 7.14. The Balaban J connectivity index is 2.57. The molecule has 0 bridgehead atoms. The van der Waals surface area contributed by atoms with Crippen LogP contribution in [0.5, 0.6) is 0 Å². The fourth-order valence-corrected chi connectivity index (χ4v) is 1.67. The average molecular weight is 152 g/mol. The van der Waals surface area contributed by atoms with E-state index in [-0.39, 0.29) is 6.10 Å². The van der Waals surface area contributed by atoms with Crippen molar-refractivity contribution in [3.05, 3.63) is 24.3 Å². The minimum atomic E-state index is -0.228. The van der Waals surface area contributed by atoms with Crippen molar-refractivity contribution >= 4 is 0 Å². The minimum Gasteiger partial charge on any atom is -0.392 e. The summed E-state index contributed by atoms with van der Waals surface area (Å²) in [6.07, 6.45) is 2.61. The third-order valence-electron chi connectivity index (χ3n) is 2.40. The highest BCUT2D eigenvalue weighted by atomic mass is 16.3. The Hall–Kier alpha value is -0.560. The van der Waals surface area contributed by atoms with Crippen LogP contribution in [0.4, 0.5) is 0 Å². The quantitative estimate of drug-likeness (QED) is 0.571. The van der Waals surface area contributed by atoms with E-state index in [1.165, 1.54) is 5.57 Å². The van der Waals surface area contributed by atoms with Crippen LogP contribution in [0, 0.1) is 5.92 Å². The Morgan fingerprint density at radius 2 is 2.27 bits per heavy atom. The average Bonchev–Trinajstić information content (AvgIpc) is 1.85. The van der Waals surface area contributed by atoms with Gasteiger partial charge >= 0.3 is 0 Å². The van der Waals surface area contributed by atoms with Gasteiger partial charge in [-0.15, -0.1) is 0 Å². The van der Waals surface area contributed by atoms with Crippen molar-refractivity contribution in [1.82, 2.24) is 0 Å². The highest BCUT2D eigenvalue weighted by Gasteiger charge is 2.24. The molecule has 1 fully saturated rings.